The molecule has 0 saturated carbocycles. The fourth-order valence-electron chi connectivity index (χ4n) is 4.13. The zero-order valence-electron chi connectivity index (χ0n) is 21.3. The molecule has 3 aromatic heterocycles. The van der Waals surface area contributed by atoms with Crippen molar-refractivity contribution in [2.75, 3.05) is 5.32 Å². The average Bonchev–Trinajstić information content (AvgIpc) is 2.90. The Balaban J connectivity index is 1.56. The number of aromatic nitrogens is 5. The van der Waals surface area contributed by atoms with Gasteiger partial charge in [-0.2, -0.15) is 31.4 Å². The van der Waals surface area contributed by atoms with Crippen LogP contribution in [0.15, 0.2) is 46.5 Å². The van der Waals surface area contributed by atoms with Crippen LogP contribution in [0.25, 0.3) is 22.2 Å². The summed E-state index contributed by atoms with van der Waals surface area (Å²) in [5.41, 5.74) is -6.18. The van der Waals surface area contributed by atoms with E-state index in [-0.39, 0.29) is 24.8 Å². The minimum atomic E-state index is -4.97. The maximum absolute atomic E-state index is 15.0. The topological polar surface area (TPSA) is 106 Å². The number of aromatic amines is 1. The molecule has 0 spiro atoms. The molecular formula is C26H18F8N6O2. The van der Waals surface area contributed by atoms with Gasteiger partial charge < -0.3 is 9.88 Å². The summed E-state index contributed by atoms with van der Waals surface area (Å²) in [5.74, 6) is 1.62. The number of nitrogens with one attached hydrogen (secondary N) is 2. The van der Waals surface area contributed by atoms with Crippen molar-refractivity contribution < 1.29 is 35.1 Å². The lowest BCUT2D eigenvalue weighted by atomic mass is 10.1. The molecule has 0 aliphatic carbocycles. The van der Waals surface area contributed by atoms with E-state index in [1.165, 1.54) is 19.2 Å². The maximum Gasteiger partial charge on any atom is 0.423 e. The molecule has 0 fully saturated rings. The minimum Gasteiger partial charge on any atom is -0.370 e. The van der Waals surface area contributed by atoms with Gasteiger partial charge in [0.2, 0.25) is 0 Å². The van der Waals surface area contributed by atoms with Crippen molar-refractivity contribution >= 4 is 16.5 Å². The highest BCUT2D eigenvalue weighted by molar-refractivity contribution is 5.86. The summed E-state index contributed by atoms with van der Waals surface area (Å²) in [6, 6.07) is 1.43. The predicted molar refractivity (Wildman–Crippen MR) is 134 cm³/mol. The van der Waals surface area contributed by atoms with Crippen LogP contribution in [0, 0.1) is 23.5 Å². The Kier molecular flexibility index (Phi) is 8.32. The Morgan fingerprint density at radius 3 is 2.33 bits per heavy atom. The quantitative estimate of drug-likeness (QED) is 0.226. The summed E-state index contributed by atoms with van der Waals surface area (Å²) in [5, 5.41) is 6.94. The fourth-order valence-corrected chi connectivity index (χ4v) is 4.13. The minimum absolute atomic E-state index is 0.0634. The van der Waals surface area contributed by atoms with Crippen molar-refractivity contribution in [3.8, 4) is 23.2 Å². The highest BCUT2D eigenvalue weighted by Crippen LogP contribution is 2.32. The lowest BCUT2D eigenvalue weighted by Gasteiger charge is -2.18. The standard InChI is InChI=1S/C26H18F8N6O2/c1-2-4-15(38-17-12-37-39-23(41)19(17)26(32,33)34)5-3-7-40-8-6-13-9-16(20(27)21(28)18(13)24(40)42)22-35-10-14(11-36-22)25(29,30)31/h6,8-12,15H,3,5,7H2,1H3,(H2,38,39,41). The molecular weight excluding hydrogens is 580 g/mol. The van der Waals surface area contributed by atoms with Crippen LogP contribution in [0.1, 0.15) is 30.9 Å². The van der Waals surface area contributed by atoms with E-state index in [9.17, 15) is 40.3 Å². The Morgan fingerprint density at radius 2 is 1.71 bits per heavy atom. The third kappa shape index (κ3) is 6.24. The molecule has 16 heteroatoms. The number of hydrogen-bond acceptors (Lipinski definition) is 6. The summed E-state index contributed by atoms with van der Waals surface area (Å²) in [6.45, 7) is 1.38. The number of H-pyrrole nitrogens is 1. The first-order valence-corrected chi connectivity index (χ1v) is 12.0. The molecule has 42 heavy (non-hydrogen) atoms. The number of alkyl halides is 6. The van der Waals surface area contributed by atoms with E-state index in [0.717, 1.165) is 16.8 Å². The lowest BCUT2D eigenvalue weighted by Crippen LogP contribution is -2.28. The molecule has 0 amide bonds. The molecule has 8 nitrogen and oxygen atoms in total. The first kappa shape index (κ1) is 30.2. The molecule has 1 unspecified atom stereocenters. The normalized spacial score (nSPS) is 12.6. The van der Waals surface area contributed by atoms with Gasteiger partial charge in [-0.15, -0.1) is 5.92 Å². The molecule has 2 N–H and O–H groups in total. The fraction of sp³-hybridized carbons (Fsp3) is 0.269. The van der Waals surface area contributed by atoms with Gasteiger partial charge in [0.15, 0.2) is 17.5 Å². The Morgan fingerprint density at radius 1 is 1.02 bits per heavy atom. The zero-order chi connectivity index (χ0) is 30.8. The van der Waals surface area contributed by atoms with Crippen molar-refractivity contribution in [1.82, 2.24) is 24.7 Å². The highest BCUT2D eigenvalue weighted by Gasteiger charge is 2.37. The molecule has 1 aromatic carbocycles. The van der Waals surface area contributed by atoms with Gasteiger partial charge >= 0.3 is 12.4 Å². The van der Waals surface area contributed by atoms with Crippen molar-refractivity contribution in [3.05, 3.63) is 80.4 Å². The predicted octanol–water partition coefficient (Wildman–Crippen LogP) is 5.14. The third-order valence-corrected chi connectivity index (χ3v) is 6.05. The van der Waals surface area contributed by atoms with Crippen LogP contribution < -0.4 is 16.4 Å². The lowest BCUT2D eigenvalue weighted by molar-refractivity contribution is -0.139. The SMILES string of the molecule is CC#CC(CCCn1ccc2cc(-c3ncc(C(F)(F)F)cn3)c(F)c(F)c2c1=O)Nc1cn[nH]c(=O)c1C(F)(F)F. The zero-order valence-corrected chi connectivity index (χ0v) is 21.3. The van der Waals surface area contributed by atoms with Crippen molar-refractivity contribution in [3.63, 3.8) is 0 Å². The molecule has 220 valence electrons. The summed E-state index contributed by atoms with van der Waals surface area (Å²) >= 11 is 0. The van der Waals surface area contributed by atoms with E-state index in [1.807, 2.05) is 0 Å². The summed E-state index contributed by atoms with van der Waals surface area (Å²) in [4.78, 5) is 31.6. The molecule has 4 rings (SSSR count). The summed E-state index contributed by atoms with van der Waals surface area (Å²) in [6.07, 6.45) is -6.58. The molecule has 4 aromatic rings. The Bertz CT molecular complexity index is 1800. The van der Waals surface area contributed by atoms with Crippen LogP contribution in [-0.2, 0) is 18.9 Å². The van der Waals surface area contributed by atoms with E-state index in [4.69, 9.17) is 0 Å². The number of aryl methyl sites for hydroxylation is 1. The van der Waals surface area contributed by atoms with E-state index in [0.29, 0.717) is 12.4 Å². The Labute approximate surface area is 230 Å². The number of nitrogens with zero attached hydrogens (tertiary/aromatic N) is 4. The first-order valence-electron chi connectivity index (χ1n) is 12.0. The first-order chi connectivity index (χ1) is 19.7. The van der Waals surface area contributed by atoms with Crippen molar-refractivity contribution in [1.29, 1.82) is 0 Å². The van der Waals surface area contributed by atoms with E-state index >= 15 is 4.39 Å². The average molecular weight is 598 g/mol. The van der Waals surface area contributed by atoms with Gasteiger partial charge in [0.1, 0.15) is 5.56 Å². The van der Waals surface area contributed by atoms with E-state index in [2.05, 4.69) is 32.2 Å². The van der Waals surface area contributed by atoms with Crippen molar-refractivity contribution in [2.24, 2.45) is 0 Å². The molecule has 0 bridgehead atoms. The molecule has 0 radical (unpaired) electrons. The summed E-state index contributed by atoms with van der Waals surface area (Å²) < 4.78 is 109. The van der Waals surface area contributed by atoms with Crippen LogP contribution in [-0.4, -0.2) is 30.8 Å². The maximum atomic E-state index is 15.0. The number of pyridine rings is 1. The second kappa shape index (κ2) is 11.6. The number of benzene rings is 1. The van der Waals surface area contributed by atoms with Gasteiger partial charge in [-0.25, -0.2) is 23.8 Å². The number of rotatable bonds is 7. The van der Waals surface area contributed by atoms with Gasteiger partial charge in [0, 0.05) is 25.1 Å². The monoisotopic (exact) mass is 598 g/mol. The second-order valence-electron chi connectivity index (χ2n) is 8.84. The molecule has 3 heterocycles. The van der Waals surface area contributed by atoms with Crippen LogP contribution >= 0.6 is 0 Å². The number of fused-ring (bicyclic) bond motifs is 1. The van der Waals surface area contributed by atoms with E-state index < -0.39 is 74.7 Å². The molecule has 0 aliphatic heterocycles. The van der Waals surface area contributed by atoms with Crippen LogP contribution in [0.3, 0.4) is 0 Å². The van der Waals surface area contributed by atoms with Crippen molar-refractivity contribution in [2.45, 2.75) is 44.7 Å². The summed E-state index contributed by atoms with van der Waals surface area (Å²) in [7, 11) is 0. The molecule has 0 aliphatic rings. The smallest absolute Gasteiger partial charge is 0.370 e. The van der Waals surface area contributed by atoms with E-state index in [1.54, 1.807) is 5.10 Å². The van der Waals surface area contributed by atoms with Gasteiger partial charge in [-0.3, -0.25) is 9.59 Å². The molecule has 0 saturated heterocycles. The van der Waals surface area contributed by atoms with Gasteiger partial charge in [-0.05, 0) is 37.3 Å². The van der Waals surface area contributed by atoms with Gasteiger partial charge in [-0.1, -0.05) is 5.92 Å². The third-order valence-electron chi connectivity index (χ3n) is 6.05. The van der Waals surface area contributed by atoms with Crippen LogP contribution in [0.4, 0.5) is 40.8 Å². The van der Waals surface area contributed by atoms with Crippen LogP contribution in [0.5, 0.6) is 0 Å². The highest BCUT2D eigenvalue weighted by atomic mass is 19.4. The van der Waals surface area contributed by atoms with Gasteiger partial charge in [0.25, 0.3) is 11.1 Å². The number of anilines is 1. The van der Waals surface area contributed by atoms with Gasteiger partial charge in [0.05, 0.1) is 34.4 Å². The Hall–Kier alpha value is -4.81. The van der Waals surface area contributed by atoms with Crippen LogP contribution in [0.2, 0.25) is 0 Å². The number of hydrogen-bond donors (Lipinski definition) is 2. The number of halogens is 8. The second-order valence-corrected chi connectivity index (χ2v) is 8.84. The molecule has 1 atom stereocenters. The largest absolute Gasteiger partial charge is 0.423 e.